The molecule has 0 aliphatic carbocycles. The van der Waals surface area contributed by atoms with Crippen molar-refractivity contribution in [2.75, 3.05) is 59.7 Å². The number of benzene rings is 3. The number of hydrogen-bond acceptors (Lipinski definition) is 12. The molecule has 5 aromatic rings. The van der Waals surface area contributed by atoms with E-state index in [1.165, 1.54) is 28.4 Å². The van der Waals surface area contributed by atoms with Crippen molar-refractivity contribution < 1.29 is 37.9 Å². The summed E-state index contributed by atoms with van der Waals surface area (Å²) >= 11 is 7.81. The Morgan fingerprint density at radius 3 is 2.44 bits per heavy atom. The fourth-order valence-electron chi connectivity index (χ4n) is 10.8. The molecule has 352 valence electrons. The van der Waals surface area contributed by atoms with Crippen LogP contribution < -0.4 is 25.8 Å². The second-order valence-electron chi connectivity index (χ2n) is 19.0. The highest BCUT2D eigenvalue weighted by atomic mass is 35.5. The number of imide groups is 1. The highest BCUT2D eigenvalue weighted by Gasteiger charge is 2.54. The van der Waals surface area contributed by atoms with E-state index in [0.717, 1.165) is 49.4 Å². The summed E-state index contributed by atoms with van der Waals surface area (Å²) in [5.74, 6) is -2.95. The Morgan fingerprint density at radius 2 is 1.72 bits per heavy atom. The lowest BCUT2D eigenvalue weighted by Crippen LogP contribution is -2.73. The molecular weight excluding hydrogens is 918 g/mol. The molecule has 2 atom stereocenters. The number of halogens is 3. The number of likely N-dealkylation sites (tertiary alicyclic amines) is 1. The quantitative estimate of drug-likeness (QED) is 0.123. The Hall–Kier alpha value is -6.44. The third-order valence-corrected chi connectivity index (χ3v) is 15.4. The van der Waals surface area contributed by atoms with Gasteiger partial charge < -0.3 is 34.6 Å². The molecule has 6 aliphatic rings. The summed E-state index contributed by atoms with van der Waals surface area (Å²) in [6.07, 6.45) is 5.84. The van der Waals surface area contributed by atoms with Crippen molar-refractivity contribution in [2.24, 2.45) is 5.41 Å². The molecule has 8 heterocycles. The fourth-order valence-corrected chi connectivity index (χ4v) is 11.7. The first-order chi connectivity index (χ1) is 32.7. The molecule has 0 radical (unpaired) electrons. The van der Waals surface area contributed by atoms with Gasteiger partial charge in [0.15, 0.2) is 11.2 Å². The number of piperidine rings is 2. The van der Waals surface area contributed by atoms with E-state index in [-0.39, 0.29) is 77.7 Å². The zero-order valence-corrected chi connectivity index (χ0v) is 38.3. The average molecular weight is 965 g/mol. The van der Waals surface area contributed by atoms with E-state index < -0.39 is 47.0 Å². The van der Waals surface area contributed by atoms with Gasteiger partial charge in [0.25, 0.3) is 11.8 Å². The predicted molar refractivity (Wildman–Crippen MR) is 249 cm³/mol. The molecule has 1 spiro atoms. The van der Waals surface area contributed by atoms with Crippen molar-refractivity contribution >= 4 is 74.7 Å². The monoisotopic (exact) mass is 964 g/mol. The number of nitrogens with zero attached hydrogens (tertiary/aromatic N) is 7. The second-order valence-corrected chi connectivity index (χ2v) is 20.3. The molecule has 4 fully saturated rings. The standard InChI is InChI=1S/C48H47ClF2N10O6S/c49-33-18-29(54-36-7-8-38(62)55-43(36)64)19-35(51)41(33)57-13-9-48(67,10-14-57)20-39(63)60-24-47(25-60)22-59(23-47)30-5-3-27(4-6-30)28-16-31-32(34(50)17-28)21-61(45(31)66)42(44(65)56-46-52-11-15-68-46)40-37-2-1-12-58(37)26-53-40/h3-6,11,15-19,26,36,42,54,67H,1-2,7-10,12-14,20-25H2,(H,52,56,65)(H,55,62,64). The first-order valence-electron chi connectivity index (χ1n) is 22.8. The number of carbonyl (C=O) groups excluding carboxylic acids is 5. The lowest BCUT2D eigenvalue weighted by atomic mass is 9.72. The molecule has 20 heteroatoms. The number of amides is 5. The highest BCUT2D eigenvalue weighted by Crippen LogP contribution is 2.44. The van der Waals surface area contributed by atoms with Crippen LogP contribution in [0, 0.1) is 17.0 Å². The van der Waals surface area contributed by atoms with Crippen LogP contribution in [0.3, 0.4) is 0 Å². The van der Waals surface area contributed by atoms with Crippen molar-refractivity contribution in [3.8, 4) is 11.1 Å². The van der Waals surface area contributed by atoms with Gasteiger partial charge in [-0.25, -0.2) is 18.7 Å². The number of aromatic nitrogens is 3. The van der Waals surface area contributed by atoms with Gasteiger partial charge in [0.1, 0.15) is 17.7 Å². The summed E-state index contributed by atoms with van der Waals surface area (Å²) in [4.78, 5) is 81.0. The molecule has 11 rings (SSSR count). The molecule has 2 aromatic heterocycles. The zero-order valence-electron chi connectivity index (χ0n) is 36.8. The van der Waals surface area contributed by atoms with E-state index in [0.29, 0.717) is 48.3 Å². The number of anilines is 4. The van der Waals surface area contributed by atoms with Crippen LogP contribution in [0.1, 0.15) is 71.9 Å². The number of thiazole rings is 1. The molecule has 6 aliphatic heterocycles. The van der Waals surface area contributed by atoms with Crippen molar-refractivity contribution in [3.63, 3.8) is 0 Å². The lowest BCUT2D eigenvalue weighted by molar-refractivity contribution is -0.151. The second kappa shape index (κ2) is 17.0. The first-order valence-corrected chi connectivity index (χ1v) is 24.1. The Balaban J connectivity index is 0.679. The third-order valence-electron chi connectivity index (χ3n) is 14.4. The average Bonchev–Trinajstić information content (AvgIpc) is 4.10. The van der Waals surface area contributed by atoms with Crippen LogP contribution in [-0.4, -0.2) is 110 Å². The van der Waals surface area contributed by atoms with Crippen LogP contribution in [0.2, 0.25) is 5.02 Å². The van der Waals surface area contributed by atoms with Crippen molar-refractivity contribution in [3.05, 3.63) is 106 Å². The van der Waals surface area contributed by atoms with Crippen molar-refractivity contribution in [1.29, 1.82) is 0 Å². The number of imidazole rings is 1. The normalized spacial score (nSPS) is 20.7. The Labute approximate surface area is 398 Å². The smallest absolute Gasteiger partial charge is 0.255 e. The van der Waals surface area contributed by atoms with E-state index in [2.05, 4.69) is 30.8 Å². The maximum absolute atomic E-state index is 16.0. The minimum Gasteiger partial charge on any atom is -0.389 e. The van der Waals surface area contributed by atoms with Crippen molar-refractivity contribution in [1.82, 2.24) is 29.7 Å². The summed E-state index contributed by atoms with van der Waals surface area (Å²) in [6, 6.07) is 11.9. The van der Waals surface area contributed by atoms with Gasteiger partial charge in [-0.1, -0.05) is 23.7 Å². The lowest BCUT2D eigenvalue weighted by Gasteiger charge is -2.61. The Bertz CT molecular complexity index is 2850. The topological polar surface area (TPSA) is 185 Å². The van der Waals surface area contributed by atoms with Crippen LogP contribution in [0.4, 0.5) is 31.0 Å². The van der Waals surface area contributed by atoms with Crippen LogP contribution >= 0.6 is 22.9 Å². The van der Waals surface area contributed by atoms with E-state index in [1.807, 2.05) is 28.8 Å². The number of nitrogens with one attached hydrogen (secondary N) is 3. The zero-order chi connectivity index (χ0) is 47.1. The van der Waals surface area contributed by atoms with Gasteiger partial charge in [-0.2, -0.15) is 0 Å². The fraction of sp³-hybridized carbons (Fsp3) is 0.396. The van der Waals surface area contributed by atoms with E-state index in [4.69, 9.17) is 11.6 Å². The van der Waals surface area contributed by atoms with E-state index >= 15 is 8.78 Å². The summed E-state index contributed by atoms with van der Waals surface area (Å²) in [5.41, 5.74) is 3.31. The summed E-state index contributed by atoms with van der Waals surface area (Å²) in [7, 11) is 0. The van der Waals surface area contributed by atoms with Gasteiger partial charge in [0.2, 0.25) is 17.7 Å². The van der Waals surface area contributed by atoms with E-state index in [9.17, 15) is 29.1 Å². The molecule has 4 saturated heterocycles. The van der Waals surface area contributed by atoms with Gasteiger partial charge >= 0.3 is 0 Å². The number of rotatable bonds is 11. The van der Waals surface area contributed by atoms with Crippen LogP contribution in [0.5, 0.6) is 0 Å². The molecule has 2 unspecified atom stereocenters. The largest absolute Gasteiger partial charge is 0.389 e. The Morgan fingerprint density at radius 1 is 0.941 bits per heavy atom. The van der Waals surface area contributed by atoms with Crippen LogP contribution in [-0.2, 0) is 38.7 Å². The van der Waals surface area contributed by atoms with Gasteiger partial charge in [0, 0.05) is 97.4 Å². The summed E-state index contributed by atoms with van der Waals surface area (Å²) in [6.45, 7) is 3.94. The van der Waals surface area contributed by atoms with Crippen molar-refractivity contribution in [2.45, 2.75) is 75.7 Å². The number of fused-ring (bicyclic) bond motifs is 2. The highest BCUT2D eigenvalue weighted by molar-refractivity contribution is 7.13. The predicted octanol–water partition coefficient (Wildman–Crippen LogP) is 5.51. The van der Waals surface area contributed by atoms with E-state index in [1.54, 1.807) is 39.8 Å². The molecule has 16 nitrogen and oxygen atoms in total. The Kier molecular flexibility index (Phi) is 11.0. The van der Waals surface area contributed by atoms with Gasteiger partial charge in [-0.15, -0.1) is 11.3 Å². The number of carbonyl (C=O) groups is 5. The first kappa shape index (κ1) is 44.1. The molecule has 0 bridgehead atoms. The molecule has 4 N–H and O–H groups in total. The van der Waals surface area contributed by atoms with Gasteiger partial charge in [0.05, 0.1) is 41.3 Å². The third kappa shape index (κ3) is 8.02. The molecule has 68 heavy (non-hydrogen) atoms. The maximum Gasteiger partial charge on any atom is 0.255 e. The molecular formula is C48H47ClF2N10O6S. The van der Waals surface area contributed by atoms with Crippen LogP contribution in [0.25, 0.3) is 11.1 Å². The number of hydrogen-bond donors (Lipinski definition) is 4. The summed E-state index contributed by atoms with van der Waals surface area (Å²) in [5, 5.41) is 21.8. The minimum absolute atomic E-state index is 0.0322. The number of aliphatic hydroxyl groups is 1. The maximum atomic E-state index is 16.0. The van der Waals surface area contributed by atoms with Crippen LogP contribution in [0.15, 0.2) is 66.4 Å². The SMILES string of the molecule is O=C1CCC(Nc2cc(F)c(N3CCC(O)(CC(=O)N4CC5(C4)CN(c4ccc(-c6cc(F)c7c(c6)C(=O)N(C(C(=O)Nc6nccs6)c6ncn8c6CCC8)C7)cc4)C5)CC3)c(Cl)c2)C(=O)N1. The van der Waals surface area contributed by atoms with Gasteiger partial charge in [-0.05, 0) is 79.6 Å². The molecule has 0 saturated carbocycles. The minimum atomic E-state index is -1.24. The number of aryl methyl sites for hydroxylation is 1. The van der Waals surface area contributed by atoms with Gasteiger partial charge in [-0.3, -0.25) is 34.6 Å². The molecule has 5 amide bonds. The molecule has 3 aromatic carbocycles. The summed E-state index contributed by atoms with van der Waals surface area (Å²) < 4.78 is 33.4.